The molecule has 4 heteroatoms. The van der Waals surface area contributed by atoms with Crippen LogP contribution in [0.5, 0.6) is 0 Å². The Bertz CT molecular complexity index is 1170. The fourth-order valence-electron chi connectivity index (χ4n) is 3.20. The number of hydrogen-bond acceptors (Lipinski definition) is 3. The molecule has 2 aromatic carbocycles. The molecular weight excluding hydrogens is 332 g/mol. The Labute approximate surface area is 159 Å². The molecule has 4 nitrogen and oxygen atoms in total. The Morgan fingerprint density at radius 3 is 2.52 bits per heavy atom. The molecule has 0 amide bonds. The second-order valence-electron chi connectivity index (χ2n) is 6.95. The van der Waals surface area contributed by atoms with Gasteiger partial charge in [-0.25, -0.2) is 4.98 Å². The fourth-order valence-corrected chi connectivity index (χ4v) is 3.20. The average molecular weight is 354 g/mol. The lowest BCUT2D eigenvalue weighted by Gasteiger charge is -2.06. The van der Waals surface area contributed by atoms with E-state index in [1.807, 2.05) is 40.9 Å². The molecule has 0 aliphatic carbocycles. The van der Waals surface area contributed by atoms with E-state index < -0.39 is 0 Å². The number of nitrogens with zero attached hydrogens (tertiary/aromatic N) is 4. The van der Waals surface area contributed by atoms with Gasteiger partial charge in [-0.3, -0.25) is 4.40 Å². The van der Waals surface area contributed by atoms with Crippen molar-refractivity contribution in [2.75, 3.05) is 0 Å². The van der Waals surface area contributed by atoms with E-state index >= 15 is 0 Å². The summed E-state index contributed by atoms with van der Waals surface area (Å²) in [6, 6.07) is 18.5. The van der Waals surface area contributed by atoms with Crippen LogP contribution in [0.4, 0.5) is 11.5 Å². The summed E-state index contributed by atoms with van der Waals surface area (Å²) in [6.45, 7) is 8.36. The van der Waals surface area contributed by atoms with Gasteiger partial charge in [-0.1, -0.05) is 35.9 Å². The number of aromatic nitrogens is 2. The largest absolute Gasteiger partial charge is 0.283 e. The van der Waals surface area contributed by atoms with Gasteiger partial charge in [0.05, 0.1) is 5.69 Å². The van der Waals surface area contributed by atoms with E-state index in [0.29, 0.717) is 0 Å². The summed E-state index contributed by atoms with van der Waals surface area (Å²) >= 11 is 0. The first kappa shape index (κ1) is 17.2. The second kappa shape index (κ2) is 6.80. The third-order valence-electron chi connectivity index (χ3n) is 4.98. The Morgan fingerprint density at radius 2 is 1.67 bits per heavy atom. The molecule has 27 heavy (non-hydrogen) atoms. The molecule has 0 saturated carbocycles. The maximum atomic E-state index is 4.85. The summed E-state index contributed by atoms with van der Waals surface area (Å²) in [5, 5.41) is 9.20. The monoisotopic (exact) mass is 354 g/mol. The van der Waals surface area contributed by atoms with Gasteiger partial charge in [0.1, 0.15) is 11.3 Å². The van der Waals surface area contributed by atoms with Crippen LogP contribution in [-0.4, -0.2) is 9.38 Å². The molecule has 0 aliphatic rings. The van der Waals surface area contributed by atoms with Crippen LogP contribution in [0.1, 0.15) is 22.3 Å². The standard InChI is InChI=1S/C23H22N4/c1-15-11-12-17(3)19(14-15)22-23(27-13-6-5-10-21(27)24-22)26-25-20-9-7-8-16(2)18(20)4/h5-14H,1-4H3. The Kier molecular flexibility index (Phi) is 4.32. The van der Waals surface area contributed by atoms with Crippen LogP contribution in [0, 0.1) is 27.7 Å². The van der Waals surface area contributed by atoms with Crippen LogP contribution in [0.25, 0.3) is 16.9 Å². The predicted molar refractivity (Wildman–Crippen MR) is 110 cm³/mol. The first-order chi connectivity index (χ1) is 13.0. The second-order valence-corrected chi connectivity index (χ2v) is 6.95. The molecule has 0 aliphatic heterocycles. The smallest absolute Gasteiger partial charge is 0.187 e. The number of rotatable bonds is 3. The zero-order chi connectivity index (χ0) is 19.0. The minimum Gasteiger partial charge on any atom is -0.283 e. The van der Waals surface area contributed by atoms with Crippen molar-refractivity contribution in [1.82, 2.24) is 9.38 Å². The van der Waals surface area contributed by atoms with Crippen LogP contribution >= 0.6 is 0 Å². The van der Waals surface area contributed by atoms with Crippen molar-refractivity contribution in [1.29, 1.82) is 0 Å². The number of azo groups is 1. The molecular formula is C23H22N4. The number of hydrogen-bond donors (Lipinski definition) is 0. The molecule has 2 aromatic heterocycles. The van der Waals surface area contributed by atoms with Gasteiger partial charge in [-0.15, -0.1) is 10.2 Å². The SMILES string of the molecule is Cc1ccc(C)c(-c2nc3ccccn3c2N=Nc2cccc(C)c2C)c1. The van der Waals surface area contributed by atoms with Crippen LogP contribution in [-0.2, 0) is 0 Å². The summed E-state index contributed by atoms with van der Waals surface area (Å²) < 4.78 is 1.99. The summed E-state index contributed by atoms with van der Waals surface area (Å²) in [6.07, 6.45) is 1.98. The van der Waals surface area contributed by atoms with Gasteiger partial charge in [0.25, 0.3) is 0 Å². The zero-order valence-corrected chi connectivity index (χ0v) is 16.1. The molecule has 0 saturated heterocycles. The molecule has 0 fully saturated rings. The lowest BCUT2D eigenvalue weighted by Crippen LogP contribution is -1.86. The molecule has 0 radical (unpaired) electrons. The highest BCUT2D eigenvalue weighted by Gasteiger charge is 2.16. The van der Waals surface area contributed by atoms with E-state index in [9.17, 15) is 0 Å². The van der Waals surface area contributed by atoms with E-state index in [1.165, 1.54) is 16.7 Å². The minimum atomic E-state index is 0.750. The highest BCUT2D eigenvalue weighted by molar-refractivity contribution is 5.77. The van der Waals surface area contributed by atoms with E-state index in [2.05, 4.69) is 62.2 Å². The number of pyridine rings is 1. The topological polar surface area (TPSA) is 42.0 Å². The molecule has 4 rings (SSSR count). The van der Waals surface area contributed by atoms with Crippen LogP contribution in [0.2, 0.25) is 0 Å². The Hall–Kier alpha value is -3.27. The number of aryl methyl sites for hydroxylation is 3. The molecule has 0 unspecified atom stereocenters. The van der Waals surface area contributed by atoms with Crippen molar-refractivity contribution in [2.45, 2.75) is 27.7 Å². The summed E-state index contributed by atoms with van der Waals surface area (Å²) in [4.78, 5) is 4.85. The predicted octanol–water partition coefficient (Wildman–Crippen LogP) is 6.65. The average Bonchev–Trinajstić information content (AvgIpc) is 3.03. The lowest BCUT2D eigenvalue weighted by atomic mass is 10.0. The van der Waals surface area contributed by atoms with Crippen LogP contribution < -0.4 is 0 Å². The number of benzene rings is 2. The summed E-state index contributed by atoms with van der Waals surface area (Å²) in [7, 11) is 0. The quantitative estimate of drug-likeness (QED) is 0.380. The van der Waals surface area contributed by atoms with Crippen molar-refractivity contribution in [3.63, 3.8) is 0 Å². The van der Waals surface area contributed by atoms with Gasteiger partial charge in [-0.05, 0) is 68.7 Å². The van der Waals surface area contributed by atoms with Gasteiger partial charge in [0.2, 0.25) is 0 Å². The van der Waals surface area contributed by atoms with Crippen LogP contribution in [0.15, 0.2) is 71.0 Å². The lowest BCUT2D eigenvalue weighted by molar-refractivity contribution is 1.10. The highest BCUT2D eigenvalue weighted by atomic mass is 15.2. The first-order valence-corrected chi connectivity index (χ1v) is 9.07. The first-order valence-electron chi connectivity index (χ1n) is 9.07. The molecule has 0 spiro atoms. The van der Waals surface area contributed by atoms with Gasteiger partial charge < -0.3 is 0 Å². The maximum Gasteiger partial charge on any atom is 0.187 e. The maximum absolute atomic E-state index is 4.85. The molecule has 134 valence electrons. The van der Waals surface area contributed by atoms with E-state index in [1.54, 1.807) is 0 Å². The van der Waals surface area contributed by atoms with Gasteiger partial charge in [-0.2, -0.15) is 0 Å². The minimum absolute atomic E-state index is 0.750. The summed E-state index contributed by atoms with van der Waals surface area (Å²) in [5.74, 6) is 0.750. The van der Waals surface area contributed by atoms with E-state index in [0.717, 1.165) is 34.0 Å². The molecule has 4 aromatic rings. The van der Waals surface area contributed by atoms with Crippen molar-refractivity contribution < 1.29 is 0 Å². The van der Waals surface area contributed by atoms with E-state index in [4.69, 9.17) is 4.98 Å². The Morgan fingerprint density at radius 1 is 0.815 bits per heavy atom. The van der Waals surface area contributed by atoms with Crippen LogP contribution in [0.3, 0.4) is 0 Å². The number of fused-ring (bicyclic) bond motifs is 1. The molecule has 0 N–H and O–H groups in total. The van der Waals surface area contributed by atoms with Crippen molar-refractivity contribution in [2.24, 2.45) is 10.2 Å². The highest BCUT2D eigenvalue weighted by Crippen LogP contribution is 2.35. The van der Waals surface area contributed by atoms with Crippen molar-refractivity contribution >= 4 is 17.2 Å². The zero-order valence-electron chi connectivity index (χ0n) is 16.1. The van der Waals surface area contributed by atoms with Gasteiger partial charge in [0, 0.05) is 11.8 Å². The van der Waals surface area contributed by atoms with Crippen molar-refractivity contribution in [3.8, 4) is 11.3 Å². The fraction of sp³-hybridized carbons (Fsp3) is 0.174. The number of imidazole rings is 1. The third kappa shape index (κ3) is 3.14. The normalized spacial score (nSPS) is 11.6. The van der Waals surface area contributed by atoms with Gasteiger partial charge >= 0.3 is 0 Å². The van der Waals surface area contributed by atoms with E-state index in [-0.39, 0.29) is 0 Å². The van der Waals surface area contributed by atoms with Crippen molar-refractivity contribution in [3.05, 3.63) is 83.0 Å². The third-order valence-corrected chi connectivity index (χ3v) is 4.98. The molecule has 2 heterocycles. The van der Waals surface area contributed by atoms with Gasteiger partial charge in [0.15, 0.2) is 5.82 Å². The summed E-state index contributed by atoms with van der Waals surface area (Å²) in [5.41, 5.74) is 8.42. The molecule has 0 atom stereocenters. The Balaban J connectivity index is 1.92. The molecule has 0 bridgehead atoms.